The van der Waals surface area contributed by atoms with E-state index in [0.29, 0.717) is 5.56 Å². The van der Waals surface area contributed by atoms with Crippen LogP contribution in [0.25, 0.3) is 0 Å². The lowest BCUT2D eigenvalue weighted by atomic mass is 10.0. The summed E-state index contributed by atoms with van der Waals surface area (Å²) in [5.41, 5.74) is 4.93. The third kappa shape index (κ3) is 6.38. The summed E-state index contributed by atoms with van der Waals surface area (Å²) in [4.78, 5) is 33.9. The molecule has 0 aliphatic heterocycles. The van der Waals surface area contributed by atoms with E-state index in [0.717, 1.165) is 0 Å². The standard InChI is InChI=1S/C15H17N3O4/c1-2-3-9-13(19)17-18-15(22)16-12(10-14(20)21)11-7-5-4-6-8-11/h2-9,12H,1,10H2,(H,17,19)(H,20,21)(H2,16,18,22)/b9-3-. The number of aliphatic carboxylic acids is 1. The molecule has 0 saturated heterocycles. The van der Waals surface area contributed by atoms with Gasteiger partial charge in [-0.15, -0.1) is 0 Å². The summed E-state index contributed by atoms with van der Waals surface area (Å²) in [6.07, 6.45) is 3.73. The molecule has 7 nitrogen and oxygen atoms in total. The Hall–Kier alpha value is -3.09. The number of carboxylic acids is 1. The molecule has 22 heavy (non-hydrogen) atoms. The molecule has 4 N–H and O–H groups in total. The van der Waals surface area contributed by atoms with Crippen LogP contribution in [0.1, 0.15) is 18.0 Å². The summed E-state index contributed by atoms with van der Waals surface area (Å²) >= 11 is 0. The van der Waals surface area contributed by atoms with Crippen LogP contribution in [-0.2, 0) is 9.59 Å². The minimum atomic E-state index is -1.05. The van der Waals surface area contributed by atoms with Crippen molar-refractivity contribution in [2.24, 2.45) is 0 Å². The summed E-state index contributed by atoms with van der Waals surface area (Å²) in [5, 5.41) is 11.4. The Morgan fingerprint density at radius 1 is 1.18 bits per heavy atom. The monoisotopic (exact) mass is 303 g/mol. The van der Waals surface area contributed by atoms with Crippen LogP contribution in [0.15, 0.2) is 55.1 Å². The zero-order valence-electron chi connectivity index (χ0n) is 11.8. The first-order valence-electron chi connectivity index (χ1n) is 6.45. The molecule has 0 bridgehead atoms. The lowest BCUT2D eigenvalue weighted by molar-refractivity contribution is -0.137. The van der Waals surface area contributed by atoms with Gasteiger partial charge in [0.15, 0.2) is 0 Å². The maximum Gasteiger partial charge on any atom is 0.333 e. The molecule has 1 aromatic rings. The van der Waals surface area contributed by atoms with Gasteiger partial charge in [-0.25, -0.2) is 10.2 Å². The number of carboxylic acid groups (broad SMARTS) is 1. The Bertz CT molecular complexity index is 569. The SMILES string of the molecule is C=C/C=C\C(=O)NNC(=O)NC(CC(=O)O)c1ccccc1. The second-order valence-electron chi connectivity index (χ2n) is 4.24. The number of hydrogen-bond acceptors (Lipinski definition) is 3. The summed E-state index contributed by atoms with van der Waals surface area (Å²) in [6.45, 7) is 3.41. The van der Waals surface area contributed by atoms with Gasteiger partial charge in [0.1, 0.15) is 0 Å². The number of nitrogens with one attached hydrogen (secondary N) is 3. The van der Waals surface area contributed by atoms with E-state index < -0.39 is 23.9 Å². The fourth-order valence-electron chi connectivity index (χ4n) is 1.62. The van der Waals surface area contributed by atoms with Crippen LogP contribution in [0.3, 0.4) is 0 Å². The Balaban J connectivity index is 2.60. The number of allylic oxidation sites excluding steroid dienone is 2. The summed E-state index contributed by atoms with van der Waals surface area (Å²) in [7, 11) is 0. The molecule has 1 unspecified atom stereocenters. The fourth-order valence-corrected chi connectivity index (χ4v) is 1.62. The highest BCUT2D eigenvalue weighted by molar-refractivity contribution is 5.89. The van der Waals surface area contributed by atoms with Gasteiger partial charge in [-0.3, -0.25) is 15.0 Å². The van der Waals surface area contributed by atoms with E-state index in [2.05, 4.69) is 22.7 Å². The zero-order valence-corrected chi connectivity index (χ0v) is 11.8. The quantitative estimate of drug-likeness (QED) is 0.360. The van der Waals surface area contributed by atoms with E-state index in [4.69, 9.17) is 5.11 Å². The third-order valence-corrected chi connectivity index (χ3v) is 2.57. The Kier molecular flexibility index (Phi) is 6.91. The number of hydrogen-bond donors (Lipinski definition) is 4. The van der Waals surface area contributed by atoms with Gasteiger partial charge in [0.2, 0.25) is 0 Å². The highest BCUT2D eigenvalue weighted by Crippen LogP contribution is 2.16. The van der Waals surface area contributed by atoms with Gasteiger partial charge >= 0.3 is 12.0 Å². The molecule has 0 spiro atoms. The highest BCUT2D eigenvalue weighted by atomic mass is 16.4. The topological polar surface area (TPSA) is 108 Å². The first-order valence-corrected chi connectivity index (χ1v) is 6.45. The van der Waals surface area contributed by atoms with E-state index in [9.17, 15) is 14.4 Å². The van der Waals surface area contributed by atoms with Crippen molar-refractivity contribution in [2.75, 3.05) is 0 Å². The van der Waals surface area contributed by atoms with Crippen molar-refractivity contribution in [3.8, 4) is 0 Å². The number of carbonyl (C=O) groups is 3. The maximum absolute atomic E-state index is 11.7. The number of carbonyl (C=O) groups excluding carboxylic acids is 2. The molecule has 0 aromatic heterocycles. The minimum absolute atomic E-state index is 0.276. The summed E-state index contributed by atoms with van der Waals surface area (Å²) in [5.74, 6) is -1.59. The Morgan fingerprint density at radius 2 is 1.86 bits per heavy atom. The average molecular weight is 303 g/mol. The van der Waals surface area contributed by atoms with Crippen LogP contribution in [0.2, 0.25) is 0 Å². The number of rotatable bonds is 6. The van der Waals surface area contributed by atoms with Gasteiger partial charge in [-0.1, -0.05) is 49.1 Å². The van der Waals surface area contributed by atoms with Crippen LogP contribution in [0.4, 0.5) is 4.79 Å². The van der Waals surface area contributed by atoms with Gasteiger partial charge in [0.25, 0.3) is 5.91 Å². The van der Waals surface area contributed by atoms with E-state index in [1.807, 2.05) is 0 Å². The van der Waals surface area contributed by atoms with E-state index in [-0.39, 0.29) is 6.42 Å². The van der Waals surface area contributed by atoms with Crippen LogP contribution in [0, 0.1) is 0 Å². The molecular formula is C15H17N3O4. The van der Waals surface area contributed by atoms with Crippen molar-refractivity contribution in [3.05, 3.63) is 60.7 Å². The van der Waals surface area contributed by atoms with Crippen LogP contribution in [-0.4, -0.2) is 23.0 Å². The number of amides is 3. The van der Waals surface area contributed by atoms with Crippen molar-refractivity contribution in [1.29, 1.82) is 0 Å². The molecule has 1 atom stereocenters. The van der Waals surface area contributed by atoms with Crippen molar-refractivity contribution in [2.45, 2.75) is 12.5 Å². The van der Waals surface area contributed by atoms with Gasteiger partial charge in [-0.2, -0.15) is 0 Å². The Labute approximate surface area is 127 Å². The molecule has 116 valence electrons. The van der Waals surface area contributed by atoms with Crippen molar-refractivity contribution >= 4 is 17.9 Å². The molecule has 1 aromatic carbocycles. The number of urea groups is 1. The van der Waals surface area contributed by atoms with Crippen molar-refractivity contribution in [1.82, 2.24) is 16.2 Å². The van der Waals surface area contributed by atoms with Crippen molar-refractivity contribution in [3.63, 3.8) is 0 Å². The molecule has 0 aliphatic rings. The summed E-state index contributed by atoms with van der Waals surface area (Å²) < 4.78 is 0. The van der Waals surface area contributed by atoms with Crippen LogP contribution < -0.4 is 16.2 Å². The van der Waals surface area contributed by atoms with Gasteiger partial charge in [0.05, 0.1) is 12.5 Å². The first-order chi connectivity index (χ1) is 10.5. The molecule has 0 heterocycles. The maximum atomic E-state index is 11.7. The van der Waals surface area contributed by atoms with Gasteiger partial charge in [0, 0.05) is 6.08 Å². The molecule has 1 rings (SSSR count). The molecule has 0 radical (unpaired) electrons. The van der Waals surface area contributed by atoms with E-state index in [1.54, 1.807) is 30.3 Å². The molecule has 7 heteroatoms. The van der Waals surface area contributed by atoms with E-state index >= 15 is 0 Å². The molecule has 0 aliphatic carbocycles. The van der Waals surface area contributed by atoms with E-state index in [1.165, 1.54) is 18.2 Å². The first kappa shape index (κ1) is 17.0. The second-order valence-corrected chi connectivity index (χ2v) is 4.24. The molecule has 3 amide bonds. The normalized spacial score (nSPS) is 11.5. The lowest BCUT2D eigenvalue weighted by Crippen LogP contribution is -2.47. The van der Waals surface area contributed by atoms with Gasteiger partial charge < -0.3 is 10.4 Å². The van der Waals surface area contributed by atoms with Crippen molar-refractivity contribution < 1.29 is 19.5 Å². The fraction of sp³-hybridized carbons (Fsp3) is 0.133. The molecule has 0 saturated carbocycles. The Morgan fingerprint density at radius 3 is 2.45 bits per heavy atom. The zero-order chi connectivity index (χ0) is 16.4. The summed E-state index contributed by atoms with van der Waals surface area (Å²) in [6, 6.07) is 7.26. The van der Waals surface area contributed by atoms with Crippen LogP contribution in [0.5, 0.6) is 0 Å². The number of hydrazine groups is 1. The van der Waals surface area contributed by atoms with Crippen LogP contribution >= 0.6 is 0 Å². The third-order valence-electron chi connectivity index (χ3n) is 2.57. The lowest BCUT2D eigenvalue weighted by Gasteiger charge is -2.17. The minimum Gasteiger partial charge on any atom is -0.481 e. The predicted octanol–water partition coefficient (Wildman–Crippen LogP) is 1.27. The smallest absolute Gasteiger partial charge is 0.333 e. The molecule has 0 fully saturated rings. The van der Waals surface area contributed by atoms with Gasteiger partial charge in [-0.05, 0) is 5.56 Å². The molecular weight excluding hydrogens is 286 g/mol. The largest absolute Gasteiger partial charge is 0.481 e. The second kappa shape index (κ2) is 8.96. The average Bonchev–Trinajstić information content (AvgIpc) is 2.50. The predicted molar refractivity (Wildman–Crippen MR) is 80.6 cm³/mol. The number of benzene rings is 1. The highest BCUT2D eigenvalue weighted by Gasteiger charge is 2.17.